The Morgan fingerprint density at radius 1 is 1.12 bits per heavy atom. The van der Waals surface area contributed by atoms with Crippen LogP contribution in [0.1, 0.15) is 11.1 Å². The molecule has 128 valence electrons. The maximum Gasteiger partial charge on any atom is 0.267 e. The van der Waals surface area contributed by atoms with Crippen LogP contribution in [0, 0.1) is 0 Å². The number of halogens is 1. The van der Waals surface area contributed by atoms with Crippen LogP contribution in [-0.4, -0.2) is 22.0 Å². The van der Waals surface area contributed by atoms with Gasteiger partial charge in [-0.15, -0.1) is 0 Å². The van der Waals surface area contributed by atoms with E-state index in [2.05, 4.69) is 21.0 Å². The molecular weight excluding hydrogens is 384 g/mol. The lowest BCUT2D eigenvalue weighted by atomic mass is 10.1. The van der Waals surface area contributed by atoms with E-state index in [4.69, 9.17) is 4.74 Å². The molecule has 0 aliphatic heterocycles. The summed E-state index contributed by atoms with van der Waals surface area (Å²) < 4.78 is 6.47. The number of benzene rings is 2. The first-order valence-electron chi connectivity index (χ1n) is 7.70. The minimum absolute atomic E-state index is 0.0320. The molecule has 1 aromatic heterocycles. The quantitative estimate of drug-likeness (QED) is 0.664. The van der Waals surface area contributed by atoms with Gasteiger partial charge in [0, 0.05) is 17.0 Å². The summed E-state index contributed by atoms with van der Waals surface area (Å²) in [4.78, 5) is 12.2. The van der Waals surface area contributed by atoms with Gasteiger partial charge in [-0.3, -0.25) is 4.79 Å². The first-order valence-corrected chi connectivity index (χ1v) is 8.82. The highest BCUT2D eigenvalue weighted by Crippen LogP contribution is 2.30. The van der Waals surface area contributed by atoms with Crippen LogP contribution in [0.15, 0.2) is 59.4 Å². The normalized spacial score (nSPS) is 10.6. The van der Waals surface area contributed by atoms with E-state index in [1.165, 1.54) is 17.9 Å². The number of alkyl halides is 1. The number of rotatable bonds is 5. The first kappa shape index (κ1) is 17.2. The first-order chi connectivity index (χ1) is 12.1. The molecule has 6 heteroatoms. The molecule has 1 heterocycles. The van der Waals surface area contributed by atoms with Gasteiger partial charge in [0.25, 0.3) is 5.56 Å². The van der Waals surface area contributed by atoms with Crippen molar-refractivity contribution in [1.82, 2.24) is 9.78 Å². The highest BCUT2D eigenvalue weighted by Gasteiger charge is 2.08. The van der Waals surface area contributed by atoms with Gasteiger partial charge in [-0.25, -0.2) is 4.68 Å². The Bertz CT molecular complexity index is 953. The standard InChI is InChI=1S/C19H17BrN2O3/c1-25-18-7-5-15(10-17(18)23)16-6-8-19(24)22(21-16)12-14-4-2-3-13(9-14)11-20/h2-10,23H,11-12H2,1H3. The Hall–Kier alpha value is -2.60. The number of methoxy groups -OCH3 is 1. The van der Waals surface area contributed by atoms with Crippen molar-refractivity contribution in [3.8, 4) is 22.8 Å². The van der Waals surface area contributed by atoms with Crippen LogP contribution in [0.3, 0.4) is 0 Å². The number of phenolic OH excluding ortho intramolecular Hbond substituents is 1. The van der Waals surface area contributed by atoms with Gasteiger partial charge in [0.1, 0.15) is 0 Å². The van der Waals surface area contributed by atoms with Crippen molar-refractivity contribution >= 4 is 15.9 Å². The molecular formula is C19H17BrN2O3. The maximum absolute atomic E-state index is 12.2. The van der Waals surface area contributed by atoms with Crippen molar-refractivity contribution in [1.29, 1.82) is 0 Å². The number of nitrogens with zero attached hydrogens (tertiary/aromatic N) is 2. The predicted octanol–water partition coefficient (Wildman–Crippen LogP) is 3.57. The Labute approximate surface area is 153 Å². The fourth-order valence-electron chi connectivity index (χ4n) is 2.55. The zero-order valence-corrected chi connectivity index (χ0v) is 15.2. The fraction of sp³-hybridized carbons (Fsp3) is 0.158. The second-order valence-corrected chi connectivity index (χ2v) is 6.12. The van der Waals surface area contributed by atoms with Crippen LogP contribution in [0.5, 0.6) is 11.5 Å². The Morgan fingerprint density at radius 3 is 2.64 bits per heavy atom. The van der Waals surface area contributed by atoms with E-state index in [0.29, 0.717) is 23.6 Å². The van der Waals surface area contributed by atoms with E-state index >= 15 is 0 Å². The van der Waals surface area contributed by atoms with Crippen molar-refractivity contribution in [2.45, 2.75) is 11.9 Å². The Kier molecular flexibility index (Phi) is 5.19. The molecule has 0 fully saturated rings. The van der Waals surface area contributed by atoms with Crippen molar-refractivity contribution in [3.05, 3.63) is 76.1 Å². The summed E-state index contributed by atoms with van der Waals surface area (Å²) in [7, 11) is 1.49. The molecule has 0 radical (unpaired) electrons. The summed E-state index contributed by atoms with van der Waals surface area (Å²) in [6.07, 6.45) is 0. The van der Waals surface area contributed by atoms with Gasteiger partial charge in [0.2, 0.25) is 0 Å². The maximum atomic E-state index is 12.2. The lowest BCUT2D eigenvalue weighted by Crippen LogP contribution is -2.22. The third-order valence-corrected chi connectivity index (χ3v) is 4.47. The third kappa shape index (κ3) is 3.91. The highest BCUT2D eigenvalue weighted by molar-refractivity contribution is 9.08. The Balaban J connectivity index is 1.95. The van der Waals surface area contributed by atoms with Gasteiger partial charge in [-0.05, 0) is 35.4 Å². The smallest absolute Gasteiger partial charge is 0.267 e. The van der Waals surface area contributed by atoms with Crippen LogP contribution >= 0.6 is 15.9 Å². The molecule has 0 saturated heterocycles. The van der Waals surface area contributed by atoms with Gasteiger partial charge >= 0.3 is 0 Å². The summed E-state index contributed by atoms with van der Waals surface area (Å²) in [5, 5.41) is 15.1. The van der Waals surface area contributed by atoms with E-state index < -0.39 is 0 Å². The minimum Gasteiger partial charge on any atom is -0.504 e. The summed E-state index contributed by atoms with van der Waals surface area (Å²) in [5.41, 5.74) is 3.28. The molecule has 25 heavy (non-hydrogen) atoms. The zero-order valence-electron chi connectivity index (χ0n) is 13.6. The fourth-order valence-corrected chi connectivity index (χ4v) is 2.90. The second-order valence-electron chi connectivity index (χ2n) is 5.55. The largest absolute Gasteiger partial charge is 0.504 e. The molecule has 0 aliphatic carbocycles. The zero-order chi connectivity index (χ0) is 17.8. The molecule has 5 nitrogen and oxygen atoms in total. The summed E-state index contributed by atoms with van der Waals surface area (Å²) in [5.74, 6) is 0.424. The second kappa shape index (κ2) is 7.53. The van der Waals surface area contributed by atoms with Gasteiger partial charge in [0.15, 0.2) is 11.5 Å². The van der Waals surface area contributed by atoms with E-state index in [1.54, 1.807) is 24.3 Å². The van der Waals surface area contributed by atoms with E-state index in [1.807, 2.05) is 24.3 Å². The number of aromatic hydroxyl groups is 1. The minimum atomic E-state index is -0.175. The van der Waals surface area contributed by atoms with Crippen molar-refractivity contribution < 1.29 is 9.84 Å². The number of hydrogen-bond acceptors (Lipinski definition) is 4. The van der Waals surface area contributed by atoms with E-state index in [-0.39, 0.29) is 11.3 Å². The third-order valence-electron chi connectivity index (χ3n) is 3.82. The van der Waals surface area contributed by atoms with Crippen LogP contribution in [0.4, 0.5) is 0 Å². The van der Waals surface area contributed by atoms with E-state index in [0.717, 1.165) is 16.5 Å². The molecule has 1 N–H and O–H groups in total. The molecule has 0 bridgehead atoms. The molecule has 0 unspecified atom stereocenters. The number of phenols is 1. The highest BCUT2D eigenvalue weighted by atomic mass is 79.9. The van der Waals surface area contributed by atoms with Crippen LogP contribution < -0.4 is 10.3 Å². The average Bonchev–Trinajstić information content (AvgIpc) is 2.63. The van der Waals surface area contributed by atoms with Crippen LogP contribution in [0.2, 0.25) is 0 Å². The average molecular weight is 401 g/mol. The predicted molar refractivity (Wildman–Crippen MR) is 100 cm³/mol. The molecule has 0 aliphatic rings. The Morgan fingerprint density at radius 2 is 1.92 bits per heavy atom. The molecule has 2 aromatic carbocycles. The van der Waals surface area contributed by atoms with Gasteiger partial charge in [-0.2, -0.15) is 5.10 Å². The van der Waals surface area contributed by atoms with Crippen LogP contribution in [0.25, 0.3) is 11.3 Å². The molecule has 0 spiro atoms. The SMILES string of the molecule is COc1ccc(-c2ccc(=O)n(Cc3cccc(CBr)c3)n2)cc1O. The molecule has 0 amide bonds. The monoisotopic (exact) mass is 400 g/mol. The molecule has 0 saturated carbocycles. The van der Waals surface area contributed by atoms with Gasteiger partial charge < -0.3 is 9.84 Å². The van der Waals surface area contributed by atoms with Gasteiger partial charge in [0.05, 0.1) is 19.3 Å². The molecule has 3 rings (SSSR count). The van der Waals surface area contributed by atoms with Crippen molar-refractivity contribution in [2.75, 3.05) is 7.11 Å². The van der Waals surface area contributed by atoms with Crippen LogP contribution in [-0.2, 0) is 11.9 Å². The lowest BCUT2D eigenvalue weighted by Gasteiger charge is -2.09. The molecule has 0 atom stereocenters. The van der Waals surface area contributed by atoms with Crippen molar-refractivity contribution in [2.24, 2.45) is 0 Å². The number of aromatic nitrogens is 2. The van der Waals surface area contributed by atoms with Gasteiger partial charge in [-0.1, -0.05) is 40.2 Å². The summed E-state index contributed by atoms with van der Waals surface area (Å²) in [6.45, 7) is 0.385. The number of hydrogen-bond donors (Lipinski definition) is 1. The topological polar surface area (TPSA) is 64.4 Å². The number of ether oxygens (including phenoxy) is 1. The molecule has 3 aromatic rings. The summed E-state index contributed by atoms with van der Waals surface area (Å²) in [6, 6.07) is 16.1. The van der Waals surface area contributed by atoms with E-state index in [9.17, 15) is 9.90 Å². The summed E-state index contributed by atoms with van der Waals surface area (Å²) >= 11 is 3.43. The van der Waals surface area contributed by atoms with Crippen molar-refractivity contribution in [3.63, 3.8) is 0 Å². The lowest BCUT2D eigenvalue weighted by molar-refractivity contribution is 0.373.